The fourth-order valence-corrected chi connectivity index (χ4v) is 3.24. The van der Waals surface area contributed by atoms with Crippen molar-refractivity contribution < 1.29 is 14.7 Å². The molecule has 0 radical (unpaired) electrons. The maximum atomic E-state index is 12.6. The lowest BCUT2D eigenvalue weighted by Crippen LogP contribution is -2.57. The molecule has 2 saturated heterocycles. The maximum Gasteiger partial charge on any atom is 0.255 e. The summed E-state index contributed by atoms with van der Waals surface area (Å²) in [5.41, 5.74) is 4.08. The minimum Gasteiger partial charge on any atom is -0.378 e. The van der Waals surface area contributed by atoms with Crippen molar-refractivity contribution in [1.82, 2.24) is 9.88 Å². The molecule has 2 aliphatic heterocycles. The van der Waals surface area contributed by atoms with Gasteiger partial charge in [-0.05, 0) is 37.8 Å². The Labute approximate surface area is 135 Å². The highest BCUT2D eigenvalue weighted by Crippen LogP contribution is 2.23. The molecule has 1 atom stereocenters. The quantitative estimate of drug-likeness (QED) is 0.825. The zero-order valence-corrected chi connectivity index (χ0v) is 13.1. The largest absolute Gasteiger partial charge is 0.378 e. The molecular weight excluding hydrogens is 296 g/mol. The first-order valence-corrected chi connectivity index (χ1v) is 8.02. The van der Waals surface area contributed by atoms with E-state index in [1.165, 1.54) is 17.7 Å². The van der Waals surface area contributed by atoms with E-state index in [1.807, 2.05) is 6.07 Å². The van der Waals surface area contributed by atoms with Crippen LogP contribution in [0, 0.1) is 0 Å². The normalized spacial score (nSPS) is 24.7. The SMILES string of the molecule is NC(=O)[C@]1(O)CCCN(C(=O)c2ccc(N3CCCC3)nc2)C1. The lowest BCUT2D eigenvalue weighted by atomic mass is 9.92. The Hall–Kier alpha value is -2.15. The van der Waals surface area contributed by atoms with Gasteiger partial charge in [0.1, 0.15) is 5.82 Å². The molecule has 1 aromatic heterocycles. The van der Waals surface area contributed by atoms with Crippen LogP contribution in [0.25, 0.3) is 0 Å². The summed E-state index contributed by atoms with van der Waals surface area (Å²) < 4.78 is 0. The zero-order chi connectivity index (χ0) is 16.4. The number of carbonyl (C=O) groups is 2. The molecule has 7 heteroatoms. The molecule has 2 fully saturated rings. The molecule has 3 rings (SSSR count). The van der Waals surface area contributed by atoms with Gasteiger partial charge in [-0.1, -0.05) is 0 Å². The van der Waals surface area contributed by atoms with Crippen LogP contribution in [0.4, 0.5) is 5.82 Å². The van der Waals surface area contributed by atoms with Crippen LogP contribution in [0.15, 0.2) is 18.3 Å². The van der Waals surface area contributed by atoms with Crippen LogP contribution in [0.3, 0.4) is 0 Å². The number of β-amino-alcohol motifs (C(OH)–C–C–N with tert-alkyl or cyclic N) is 1. The van der Waals surface area contributed by atoms with Gasteiger partial charge in [0.2, 0.25) is 0 Å². The van der Waals surface area contributed by atoms with Crippen LogP contribution in [-0.2, 0) is 4.79 Å². The molecule has 1 aromatic rings. The second-order valence-electron chi connectivity index (χ2n) is 6.33. The lowest BCUT2D eigenvalue weighted by molar-refractivity contribution is -0.140. The van der Waals surface area contributed by atoms with E-state index in [9.17, 15) is 14.7 Å². The maximum absolute atomic E-state index is 12.6. The summed E-state index contributed by atoms with van der Waals surface area (Å²) in [6, 6.07) is 3.60. The van der Waals surface area contributed by atoms with E-state index in [0.29, 0.717) is 18.5 Å². The van der Waals surface area contributed by atoms with Crippen LogP contribution < -0.4 is 10.6 Å². The summed E-state index contributed by atoms with van der Waals surface area (Å²) in [5, 5.41) is 10.2. The molecule has 0 saturated carbocycles. The molecule has 0 aromatic carbocycles. The summed E-state index contributed by atoms with van der Waals surface area (Å²) in [6.45, 7) is 2.44. The summed E-state index contributed by atoms with van der Waals surface area (Å²) in [7, 11) is 0. The second-order valence-corrected chi connectivity index (χ2v) is 6.33. The number of rotatable bonds is 3. The Morgan fingerprint density at radius 3 is 2.52 bits per heavy atom. The minimum atomic E-state index is -1.63. The molecular formula is C16H22N4O3. The Bertz CT molecular complexity index is 598. The highest BCUT2D eigenvalue weighted by molar-refractivity contribution is 5.95. The Balaban J connectivity index is 1.71. The van der Waals surface area contributed by atoms with Crippen LogP contribution in [0.5, 0.6) is 0 Å². The molecule has 7 nitrogen and oxygen atoms in total. The van der Waals surface area contributed by atoms with Crippen molar-refractivity contribution in [3.8, 4) is 0 Å². The number of nitrogens with two attached hydrogens (primary N) is 1. The molecule has 3 heterocycles. The molecule has 0 aliphatic carbocycles. The van der Waals surface area contributed by atoms with E-state index in [2.05, 4.69) is 9.88 Å². The van der Waals surface area contributed by atoms with Crippen LogP contribution in [-0.4, -0.2) is 58.6 Å². The third-order valence-electron chi connectivity index (χ3n) is 4.64. The van der Waals surface area contributed by atoms with Gasteiger partial charge in [0.05, 0.1) is 12.1 Å². The first-order valence-electron chi connectivity index (χ1n) is 8.02. The zero-order valence-electron chi connectivity index (χ0n) is 13.1. The number of pyridine rings is 1. The smallest absolute Gasteiger partial charge is 0.255 e. The van der Waals surface area contributed by atoms with Gasteiger partial charge < -0.3 is 20.6 Å². The number of primary amides is 1. The van der Waals surface area contributed by atoms with Gasteiger partial charge in [0, 0.05) is 25.8 Å². The predicted molar refractivity (Wildman–Crippen MR) is 85.0 cm³/mol. The van der Waals surface area contributed by atoms with Crippen molar-refractivity contribution in [2.75, 3.05) is 31.1 Å². The fraction of sp³-hybridized carbons (Fsp3) is 0.562. The summed E-state index contributed by atoms with van der Waals surface area (Å²) in [6.07, 6.45) is 4.74. The number of aliphatic hydroxyl groups is 1. The minimum absolute atomic E-state index is 0.0605. The predicted octanol–water partition coefficient (Wildman–Crippen LogP) is 0.134. The van der Waals surface area contributed by atoms with E-state index < -0.39 is 11.5 Å². The van der Waals surface area contributed by atoms with E-state index in [4.69, 9.17) is 5.73 Å². The first kappa shape index (κ1) is 15.7. The summed E-state index contributed by atoms with van der Waals surface area (Å²) in [5.74, 6) is -0.131. The Kier molecular flexibility index (Phi) is 4.21. The van der Waals surface area contributed by atoms with Gasteiger partial charge in [-0.25, -0.2) is 4.98 Å². The monoisotopic (exact) mass is 318 g/mol. The van der Waals surface area contributed by atoms with E-state index in [1.54, 1.807) is 12.3 Å². The van der Waals surface area contributed by atoms with Gasteiger partial charge in [-0.15, -0.1) is 0 Å². The Morgan fingerprint density at radius 2 is 1.91 bits per heavy atom. The van der Waals surface area contributed by atoms with E-state index in [-0.39, 0.29) is 18.9 Å². The number of hydrogen-bond donors (Lipinski definition) is 2. The van der Waals surface area contributed by atoms with Gasteiger partial charge in [0.15, 0.2) is 5.60 Å². The second kappa shape index (κ2) is 6.16. The number of hydrogen-bond acceptors (Lipinski definition) is 5. The summed E-state index contributed by atoms with van der Waals surface area (Å²) >= 11 is 0. The number of carbonyl (C=O) groups excluding carboxylic acids is 2. The van der Waals surface area contributed by atoms with Crippen LogP contribution in [0.2, 0.25) is 0 Å². The molecule has 0 unspecified atom stereocenters. The molecule has 0 bridgehead atoms. The number of amides is 2. The molecule has 3 N–H and O–H groups in total. The van der Waals surface area contributed by atoms with Gasteiger partial charge in [0.25, 0.3) is 11.8 Å². The number of aromatic nitrogens is 1. The number of piperidine rings is 1. The first-order chi connectivity index (χ1) is 11.0. The van der Waals surface area contributed by atoms with E-state index in [0.717, 1.165) is 18.9 Å². The van der Waals surface area contributed by atoms with E-state index >= 15 is 0 Å². The summed E-state index contributed by atoms with van der Waals surface area (Å²) in [4.78, 5) is 32.0. The van der Waals surface area contributed by atoms with Crippen molar-refractivity contribution >= 4 is 17.6 Å². The highest BCUT2D eigenvalue weighted by Gasteiger charge is 2.40. The van der Waals surface area contributed by atoms with Crippen LogP contribution >= 0.6 is 0 Å². The highest BCUT2D eigenvalue weighted by atomic mass is 16.3. The topological polar surface area (TPSA) is 99.8 Å². The number of anilines is 1. The lowest BCUT2D eigenvalue weighted by Gasteiger charge is -2.37. The van der Waals surface area contributed by atoms with Crippen molar-refractivity contribution in [3.63, 3.8) is 0 Å². The third kappa shape index (κ3) is 3.14. The molecule has 0 spiro atoms. The van der Waals surface area contributed by atoms with Gasteiger partial charge in [-0.3, -0.25) is 9.59 Å². The third-order valence-corrected chi connectivity index (χ3v) is 4.64. The molecule has 124 valence electrons. The average molecular weight is 318 g/mol. The van der Waals surface area contributed by atoms with Gasteiger partial charge >= 0.3 is 0 Å². The number of nitrogens with zero attached hydrogens (tertiary/aromatic N) is 3. The number of likely N-dealkylation sites (tertiary alicyclic amines) is 1. The molecule has 2 aliphatic rings. The fourth-order valence-electron chi connectivity index (χ4n) is 3.24. The van der Waals surface area contributed by atoms with Gasteiger partial charge in [-0.2, -0.15) is 0 Å². The van der Waals surface area contributed by atoms with Crippen molar-refractivity contribution in [1.29, 1.82) is 0 Å². The standard InChI is InChI=1S/C16H22N4O3/c17-15(22)16(23)6-3-9-20(11-16)14(21)12-4-5-13(18-10-12)19-7-1-2-8-19/h4-5,10,23H,1-3,6-9,11H2,(H2,17,22)/t16-/m0/s1. The van der Waals surface area contributed by atoms with Crippen molar-refractivity contribution in [2.45, 2.75) is 31.3 Å². The van der Waals surface area contributed by atoms with Crippen LogP contribution in [0.1, 0.15) is 36.0 Å². The van der Waals surface area contributed by atoms with Crippen molar-refractivity contribution in [2.24, 2.45) is 5.73 Å². The molecule has 23 heavy (non-hydrogen) atoms. The average Bonchev–Trinajstić information content (AvgIpc) is 3.09. The Morgan fingerprint density at radius 1 is 1.17 bits per heavy atom. The van der Waals surface area contributed by atoms with Crippen molar-refractivity contribution in [3.05, 3.63) is 23.9 Å². The molecule has 2 amide bonds.